The van der Waals surface area contributed by atoms with E-state index in [1.54, 1.807) is 6.92 Å². The molecule has 3 amide bonds. The molecule has 0 aliphatic carbocycles. The molecule has 0 bridgehead atoms. The van der Waals surface area contributed by atoms with Crippen molar-refractivity contribution in [3.05, 3.63) is 0 Å². The molecule has 7 atom stereocenters. The van der Waals surface area contributed by atoms with Crippen LogP contribution < -0.4 is 5.32 Å². The molecular formula is C10H17N2O12P3+2. The number of imide groups is 1. The minimum Gasteiger partial charge on any atom is -0.390 e. The quantitative estimate of drug-likeness (QED) is 0.365. The Morgan fingerprint density at radius 3 is 2.67 bits per heavy atom. The maximum atomic E-state index is 11.9. The molecule has 0 aromatic rings. The van der Waals surface area contributed by atoms with Gasteiger partial charge in [-0.15, -0.1) is 9.42 Å². The number of aliphatic hydroxyl groups excluding tert-OH is 1. The summed E-state index contributed by atoms with van der Waals surface area (Å²) in [6.07, 6.45) is -3.05. The standard InChI is InChI=1S/C10H15N2O12P3/c1-5-3-12(10(15)11-9(5)14)8-2-6(13)7(22-8)4-21-26(18)24-27(19,20)23-25(16)17/h5-8,13H,2-4H2,1H3,(H-2,11,14,15,16,17,19,20)/p+2/t5?,6-,7+,8+/m0/s1. The zero-order valence-corrected chi connectivity index (χ0v) is 16.4. The summed E-state index contributed by atoms with van der Waals surface area (Å²) in [5.41, 5.74) is 0. The van der Waals surface area contributed by atoms with E-state index in [0.29, 0.717) is 0 Å². The first-order valence-electron chi connectivity index (χ1n) is 7.42. The molecule has 2 heterocycles. The van der Waals surface area contributed by atoms with Crippen molar-refractivity contribution in [1.82, 2.24) is 10.2 Å². The molecule has 0 aromatic carbocycles. The van der Waals surface area contributed by atoms with Gasteiger partial charge in [0.25, 0.3) is 0 Å². The zero-order chi connectivity index (χ0) is 20.4. The van der Waals surface area contributed by atoms with Crippen LogP contribution in [0.1, 0.15) is 13.3 Å². The van der Waals surface area contributed by atoms with Gasteiger partial charge in [0.05, 0.1) is 12.0 Å². The van der Waals surface area contributed by atoms with Crippen molar-refractivity contribution < 1.29 is 56.1 Å². The smallest absolute Gasteiger partial charge is 0.390 e. The van der Waals surface area contributed by atoms with Crippen molar-refractivity contribution in [2.45, 2.75) is 31.8 Å². The fourth-order valence-electron chi connectivity index (χ4n) is 2.41. The van der Waals surface area contributed by atoms with E-state index in [-0.39, 0.29) is 13.0 Å². The van der Waals surface area contributed by atoms with Crippen LogP contribution in [-0.2, 0) is 36.4 Å². The summed E-state index contributed by atoms with van der Waals surface area (Å²) >= 11 is 0. The molecule has 4 N–H and O–H groups in total. The average molecular weight is 450 g/mol. The summed E-state index contributed by atoms with van der Waals surface area (Å²) < 4.78 is 50.8. The number of carbonyl (C=O) groups excluding carboxylic acids is 2. The first-order chi connectivity index (χ1) is 12.5. The lowest BCUT2D eigenvalue weighted by atomic mass is 10.1. The number of urea groups is 1. The topological polar surface area (TPSA) is 198 Å². The van der Waals surface area contributed by atoms with Gasteiger partial charge in [0.2, 0.25) is 5.91 Å². The number of carbonyl (C=O) groups is 2. The van der Waals surface area contributed by atoms with Crippen LogP contribution in [0.25, 0.3) is 0 Å². The Morgan fingerprint density at radius 2 is 2.04 bits per heavy atom. The van der Waals surface area contributed by atoms with Gasteiger partial charge in [-0.3, -0.25) is 19.9 Å². The minimum atomic E-state index is -5.08. The van der Waals surface area contributed by atoms with Crippen LogP contribution in [0.15, 0.2) is 0 Å². The summed E-state index contributed by atoms with van der Waals surface area (Å²) in [6, 6.07) is -0.678. The fraction of sp³-hybridized carbons (Fsp3) is 0.800. The number of nitrogens with zero attached hydrogens (tertiary/aromatic N) is 1. The number of aliphatic hydroxyl groups is 1. The predicted octanol–water partition coefficient (Wildman–Crippen LogP) is 0.107. The normalized spacial score (nSPS) is 32.1. The number of hydrogen-bond donors (Lipinski definition) is 4. The molecule has 4 unspecified atom stereocenters. The van der Waals surface area contributed by atoms with Crippen LogP contribution in [0.4, 0.5) is 4.79 Å². The van der Waals surface area contributed by atoms with Crippen molar-refractivity contribution in [3.8, 4) is 0 Å². The van der Waals surface area contributed by atoms with Gasteiger partial charge in [0, 0.05) is 30.7 Å². The Bertz CT molecular complexity index is 688. The van der Waals surface area contributed by atoms with Gasteiger partial charge in [-0.05, 0) is 0 Å². The molecular weight excluding hydrogens is 433 g/mol. The van der Waals surface area contributed by atoms with Gasteiger partial charge in [0.15, 0.2) is 0 Å². The highest BCUT2D eigenvalue weighted by Crippen LogP contribution is 2.57. The molecule has 2 fully saturated rings. The number of rotatable bonds is 8. The first-order valence-corrected chi connectivity index (χ1v) is 11.1. The highest BCUT2D eigenvalue weighted by molar-refractivity contribution is 7.61. The van der Waals surface area contributed by atoms with E-state index in [0.717, 1.165) is 0 Å². The Labute approximate surface area is 154 Å². The van der Waals surface area contributed by atoms with Gasteiger partial charge in [-0.25, -0.2) is 9.36 Å². The molecule has 2 rings (SSSR count). The summed E-state index contributed by atoms with van der Waals surface area (Å²) in [5, 5.41) is 12.1. The second-order valence-corrected chi connectivity index (χ2v) is 9.09. The molecule has 14 nitrogen and oxygen atoms in total. The van der Waals surface area contributed by atoms with E-state index < -0.39 is 67.2 Å². The van der Waals surface area contributed by atoms with Crippen molar-refractivity contribution in [2.24, 2.45) is 5.92 Å². The molecule has 17 heteroatoms. The molecule has 2 aliphatic rings. The number of phosphoric acid groups is 1. The highest BCUT2D eigenvalue weighted by Gasteiger charge is 2.47. The van der Waals surface area contributed by atoms with E-state index in [9.17, 15) is 28.4 Å². The van der Waals surface area contributed by atoms with Crippen molar-refractivity contribution in [3.63, 3.8) is 0 Å². The van der Waals surface area contributed by atoms with Crippen LogP contribution in [0.3, 0.4) is 0 Å². The Kier molecular flexibility index (Phi) is 7.51. The summed E-state index contributed by atoms with van der Waals surface area (Å²) in [6.45, 7) is 1.15. The SMILES string of the molecule is CC1CN([C@H]2C[C@H](O)[C@@H](CO[P+](=O)OP(=O)(O)O[P+](=O)O)O2)C(=O)NC1=O. The lowest BCUT2D eigenvalue weighted by molar-refractivity contribution is -0.128. The summed E-state index contributed by atoms with van der Waals surface area (Å²) in [5.74, 6) is -0.901. The lowest BCUT2D eigenvalue weighted by Crippen LogP contribution is -2.57. The van der Waals surface area contributed by atoms with Crippen LogP contribution >= 0.6 is 24.3 Å². The third-order valence-corrected chi connectivity index (χ3v) is 6.75. The molecule has 152 valence electrons. The van der Waals surface area contributed by atoms with E-state index in [2.05, 4.69) is 18.5 Å². The Morgan fingerprint density at radius 1 is 1.37 bits per heavy atom. The van der Waals surface area contributed by atoms with Gasteiger partial charge in [-0.2, -0.15) is 0 Å². The Hall–Kier alpha value is -0.910. The third kappa shape index (κ3) is 6.30. The molecule has 0 radical (unpaired) electrons. The van der Waals surface area contributed by atoms with Crippen molar-refractivity contribution >= 4 is 36.3 Å². The summed E-state index contributed by atoms with van der Waals surface area (Å²) in [4.78, 5) is 42.0. The zero-order valence-electron chi connectivity index (χ0n) is 13.7. The van der Waals surface area contributed by atoms with Crippen molar-refractivity contribution in [2.75, 3.05) is 13.2 Å². The van der Waals surface area contributed by atoms with Gasteiger partial charge >= 0.3 is 30.4 Å². The maximum absolute atomic E-state index is 11.9. The second-order valence-electron chi connectivity index (χ2n) is 5.67. The monoisotopic (exact) mass is 450 g/mol. The second kappa shape index (κ2) is 9.06. The molecule has 2 saturated heterocycles. The van der Waals surface area contributed by atoms with Gasteiger partial charge in [-0.1, -0.05) is 6.92 Å². The number of hydrogen-bond acceptors (Lipinski definition) is 10. The largest absolute Gasteiger partial charge is 0.708 e. The molecule has 2 aliphatic heterocycles. The van der Waals surface area contributed by atoms with Gasteiger partial charge in [0.1, 0.15) is 18.9 Å². The van der Waals surface area contributed by atoms with Crippen LogP contribution in [0.5, 0.6) is 0 Å². The molecule has 0 saturated carbocycles. The van der Waals surface area contributed by atoms with Crippen molar-refractivity contribution in [1.29, 1.82) is 0 Å². The van der Waals surface area contributed by atoms with E-state index >= 15 is 0 Å². The van der Waals surface area contributed by atoms with Crippen LogP contribution in [0, 0.1) is 5.92 Å². The van der Waals surface area contributed by atoms with Gasteiger partial charge < -0.3 is 9.84 Å². The first kappa shape index (κ1) is 22.4. The maximum Gasteiger partial charge on any atom is 0.708 e. The minimum absolute atomic E-state index is 0.00735. The lowest BCUT2D eigenvalue weighted by Gasteiger charge is -2.34. The number of amides is 3. The van der Waals surface area contributed by atoms with E-state index in [4.69, 9.17) is 14.5 Å². The van der Waals surface area contributed by atoms with E-state index in [1.807, 2.05) is 0 Å². The molecule has 27 heavy (non-hydrogen) atoms. The molecule has 0 aromatic heterocycles. The Balaban J connectivity index is 1.85. The summed E-state index contributed by atoms with van der Waals surface area (Å²) in [7, 11) is -11.8. The van der Waals surface area contributed by atoms with Crippen LogP contribution in [-0.4, -0.2) is 63.3 Å². The average Bonchev–Trinajstić information content (AvgIpc) is 2.87. The van der Waals surface area contributed by atoms with Crippen LogP contribution in [0.2, 0.25) is 0 Å². The number of ether oxygens (including phenoxy) is 1. The highest BCUT2D eigenvalue weighted by atomic mass is 31.3. The number of nitrogens with one attached hydrogen (secondary N) is 1. The van der Waals surface area contributed by atoms with E-state index in [1.165, 1.54) is 4.90 Å². The third-order valence-electron chi connectivity index (χ3n) is 3.65. The predicted molar refractivity (Wildman–Crippen MR) is 84.1 cm³/mol. The fourth-order valence-corrected chi connectivity index (χ4v) is 4.64. The molecule has 0 spiro atoms.